The average Bonchev–Trinajstić information content (AvgIpc) is 2.71. The third-order valence-corrected chi connectivity index (χ3v) is 15.2. The van der Waals surface area contributed by atoms with Gasteiger partial charge >= 0.3 is 11.9 Å². The Labute approximate surface area is 153 Å². The lowest BCUT2D eigenvalue weighted by Gasteiger charge is -2.38. The molecule has 1 atom stereocenters. The van der Waals surface area contributed by atoms with Crippen molar-refractivity contribution in [3.05, 3.63) is 12.2 Å². The quantitative estimate of drug-likeness (QED) is 0.262. The van der Waals surface area contributed by atoms with Gasteiger partial charge in [0, 0.05) is 12.1 Å². The predicted octanol–water partition coefficient (Wildman–Crippen LogP) is 2.78. The maximum Gasteiger partial charge on any atom is 0.347 e. The number of hydrogen-bond donors (Lipinski definition) is 0. The minimum absolute atomic E-state index is 0.162. The van der Waals surface area contributed by atoms with Crippen LogP contribution in [0.3, 0.4) is 0 Å². The zero-order valence-electron chi connectivity index (χ0n) is 16.5. The van der Waals surface area contributed by atoms with Crippen LogP contribution < -0.4 is 0 Å². The Hall–Kier alpha value is -0.966. The first-order valence-corrected chi connectivity index (χ1v) is 15.2. The Balaban J connectivity index is 2.21. The van der Waals surface area contributed by atoms with E-state index in [1.165, 1.54) is 25.9 Å². The molecule has 25 heavy (non-hydrogen) atoms. The van der Waals surface area contributed by atoms with Gasteiger partial charge in [-0.2, -0.15) is 0 Å². The molecule has 8 heteroatoms. The van der Waals surface area contributed by atoms with Crippen LogP contribution in [0.1, 0.15) is 13.8 Å². The summed E-state index contributed by atoms with van der Waals surface area (Å²) in [5.74, 6) is -1.16. The molecular weight excluding hydrogens is 354 g/mol. The molecule has 0 bridgehead atoms. The van der Waals surface area contributed by atoms with Crippen molar-refractivity contribution in [2.24, 2.45) is 0 Å². The smallest absolute Gasteiger partial charge is 0.347 e. The Morgan fingerprint density at radius 3 is 2.16 bits per heavy atom. The van der Waals surface area contributed by atoms with Crippen molar-refractivity contribution in [3.63, 3.8) is 0 Å². The SMILES string of the molecule is C=C(C)C(=O)OC(C)C(=O)OCCOCCN1[Si](C)(C)CC[Si]1(C)C. The molecule has 1 aliphatic heterocycles. The van der Waals surface area contributed by atoms with Crippen LogP contribution in [0.25, 0.3) is 0 Å². The van der Waals surface area contributed by atoms with Crippen LogP contribution in [0.2, 0.25) is 38.3 Å². The van der Waals surface area contributed by atoms with Crippen molar-refractivity contribution >= 4 is 28.4 Å². The summed E-state index contributed by atoms with van der Waals surface area (Å²) >= 11 is 0. The highest BCUT2D eigenvalue weighted by molar-refractivity contribution is 6.95. The summed E-state index contributed by atoms with van der Waals surface area (Å²) in [6.45, 7) is 18.4. The minimum atomic E-state index is -1.26. The largest absolute Gasteiger partial charge is 0.461 e. The summed E-state index contributed by atoms with van der Waals surface area (Å²) < 4.78 is 18.4. The molecule has 0 N–H and O–H groups in total. The number of esters is 2. The fourth-order valence-corrected chi connectivity index (χ4v) is 17.2. The number of ether oxygens (including phenoxy) is 3. The van der Waals surface area contributed by atoms with Crippen LogP contribution in [0.4, 0.5) is 0 Å². The Bertz CT molecular complexity index is 491. The summed E-state index contributed by atoms with van der Waals surface area (Å²) in [5, 5.41) is 0. The maximum atomic E-state index is 11.7. The number of nitrogens with zero attached hydrogens (tertiary/aromatic N) is 1. The van der Waals surface area contributed by atoms with Gasteiger partial charge in [-0.3, -0.25) is 0 Å². The highest BCUT2D eigenvalue weighted by Crippen LogP contribution is 2.36. The molecule has 0 amide bonds. The topological polar surface area (TPSA) is 65.1 Å². The highest BCUT2D eigenvalue weighted by atomic mass is 28.4. The van der Waals surface area contributed by atoms with Gasteiger partial charge in [0.15, 0.2) is 6.10 Å². The maximum absolute atomic E-state index is 11.7. The van der Waals surface area contributed by atoms with Crippen molar-refractivity contribution in [1.82, 2.24) is 4.23 Å². The zero-order valence-corrected chi connectivity index (χ0v) is 18.5. The van der Waals surface area contributed by atoms with E-state index in [1.54, 1.807) is 0 Å². The lowest BCUT2D eigenvalue weighted by Crippen LogP contribution is -2.55. The molecule has 0 saturated carbocycles. The number of hydrogen-bond acceptors (Lipinski definition) is 6. The molecule has 0 radical (unpaired) electrons. The first-order chi connectivity index (χ1) is 11.5. The molecule has 1 fully saturated rings. The van der Waals surface area contributed by atoms with E-state index in [2.05, 4.69) is 37.0 Å². The van der Waals surface area contributed by atoms with Crippen LogP contribution in [0.15, 0.2) is 12.2 Å². The third kappa shape index (κ3) is 6.69. The van der Waals surface area contributed by atoms with Gasteiger partial charge < -0.3 is 18.4 Å². The Kier molecular flexibility index (Phi) is 8.05. The van der Waals surface area contributed by atoms with Crippen LogP contribution in [-0.2, 0) is 23.8 Å². The molecule has 0 aromatic heterocycles. The second-order valence-corrected chi connectivity index (χ2v) is 17.7. The van der Waals surface area contributed by atoms with E-state index < -0.39 is 34.5 Å². The fourth-order valence-electron chi connectivity index (χ4n) is 3.19. The van der Waals surface area contributed by atoms with Gasteiger partial charge in [0.25, 0.3) is 0 Å². The molecule has 0 aromatic carbocycles. The zero-order chi connectivity index (χ0) is 19.3. The number of carbonyl (C=O) groups excluding carboxylic acids is 2. The van der Waals surface area contributed by atoms with Gasteiger partial charge in [-0.25, -0.2) is 9.59 Å². The second-order valence-electron chi connectivity index (χ2n) is 7.88. The summed E-state index contributed by atoms with van der Waals surface area (Å²) in [7, 11) is -2.51. The molecular formula is C17H33NO5Si2. The van der Waals surface area contributed by atoms with E-state index in [4.69, 9.17) is 14.2 Å². The molecule has 0 aliphatic carbocycles. The second kappa shape index (κ2) is 9.11. The van der Waals surface area contributed by atoms with E-state index in [1.807, 2.05) is 0 Å². The van der Waals surface area contributed by atoms with Crippen LogP contribution in [0.5, 0.6) is 0 Å². The summed E-state index contributed by atoms with van der Waals surface area (Å²) in [6.07, 6.45) is -0.938. The van der Waals surface area contributed by atoms with Crippen molar-refractivity contribution in [2.75, 3.05) is 26.4 Å². The number of carbonyl (C=O) groups is 2. The Morgan fingerprint density at radius 2 is 1.64 bits per heavy atom. The monoisotopic (exact) mass is 387 g/mol. The summed E-state index contributed by atoms with van der Waals surface area (Å²) in [6, 6.07) is 2.76. The van der Waals surface area contributed by atoms with Gasteiger partial charge in [-0.05, 0) is 25.9 Å². The molecule has 144 valence electrons. The van der Waals surface area contributed by atoms with Crippen LogP contribution in [0, 0.1) is 0 Å². The van der Waals surface area contributed by atoms with Crippen molar-refractivity contribution in [2.45, 2.75) is 58.2 Å². The van der Waals surface area contributed by atoms with Crippen LogP contribution in [-0.4, -0.2) is 65.1 Å². The standard InChI is InChI=1S/C17H33NO5Si2/c1-14(2)16(19)23-15(3)17(20)22-11-10-21-9-8-18-24(4,5)12-13-25(18,6)7/h15H,1,8-13H2,2-7H3. The molecule has 1 heterocycles. The van der Waals surface area contributed by atoms with Crippen molar-refractivity contribution in [3.8, 4) is 0 Å². The van der Waals surface area contributed by atoms with E-state index in [9.17, 15) is 9.59 Å². The molecule has 1 aliphatic rings. The van der Waals surface area contributed by atoms with Crippen LogP contribution >= 0.6 is 0 Å². The summed E-state index contributed by atoms with van der Waals surface area (Å²) in [4.78, 5) is 23.1. The lowest BCUT2D eigenvalue weighted by atomic mass is 10.3. The fraction of sp³-hybridized carbons (Fsp3) is 0.765. The lowest BCUT2D eigenvalue weighted by molar-refractivity contribution is -0.165. The average molecular weight is 388 g/mol. The van der Waals surface area contributed by atoms with Crippen molar-refractivity contribution < 1.29 is 23.8 Å². The molecule has 0 spiro atoms. The van der Waals surface area contributed by atoms with Gasteiger partial charge in [0.2, 0.25) is 0 Å². The van der Waals surface area contributed by atoms with Crippen molar-refractivity contribution in [1.29, 1.82) is 0 Å². The van der Waals surface area contributed by atoms with E-state index in [0.29, 0.717) is 13.2 Å². The molecule has 1 unspecified atom stereocenters. The molecule has 1 rings (SSSR count). The van der Waals surface area contributed by atoms with E-state index in [0.717, 1.165) is 6.54 Å². The highest BCUT2D eigenvalue weighted by Gasteiger charge is 2.46. The third-order valence-electron chi connectivity index (χ3n) is 4.71. The first-order valence-electron chi connectivity index (χ1n) is 8.86. The van der Waals surface area contributed by atoms with Gasteiger partial charge in [-0.1, -0.05) is 32.8 Å². The number of rotatable bonds is 9. The normalized spacial score (nSPS) is 20.1. The molecule has 1 saturated heterocycles. The predicted molar refractivity (Wildman–Crippen MR) is 103 cm³/mol. The molecule has 6 nitrogen and oxygen atoms in total. The minimum Gasteiger partial charge on any atom is -0.461 e. The summed E-state index contributed by atoms with van der Waals surface area (Å²) in [5.41, 5.74) is 0.253. The van der Waals surface area contributed by atoms with Gasteiger partial charge in [0.05, 0.1) is 13.2 Å². The van der Waals surface area contributed by atoms with Gasteiger partial charge in [-0.15, -0.1) is 0 Å². The van der Waals surface area contributed by atoms with E-state index in [-0.39, 0.29) is 12.2 Å². The van der Waals surface area contributed by atoms with E-state index >= 15 is 0 Å². The first kappa shape index (κ1) is 22.1. The van der Waals surface area contributed by atoms with Gasteiger partial charge in [0.1, 0.15) is 23.1 Å². The molecule has 0 aromatic rings. The Morgan fingerprint density at radius 1 is 1.08 bits per heavy atom.